The molecule has 0 aliphatic heterocycles. The molecule has 1 aliphatic rings. The van der Waals surface area contributed by atoms with Gasteiger partial charge in [0.2, 0.25) is 0 Å². The van der Waals surface area contributed by atoms with Gasteiger partial charge in [0.05, 0.1) is 5.60 Å². The van der Waals surface area contributed by atoms with Crippen LogP contribution in [-0.4, -0.2) is 16.5 Å². The molecule has 0 aromatic heterocycles. The SMILES string of the molecule is CCC(C)(O)C1=CCCCCC1=O. The predicted molar refractivity (Wildman–Crippen MR) is 52.5 cm³/mol. The minimum atomic E-state index is -0.915. The zero-order chi connectivity index (χ0) is 9.90. The standard InChI is InChI=1S/C11H18O2/c1-3-11(2,13)9-7-5-4-6-8-10(9)12/h7,13H,3-6,8H2,1-2H3. The van der Waals surface area contributed by atoms with E-state index in [0.717, 1.165) is 19.3 Å². The molecular formula is C11H18O2. The highest BCUT2D eigenvalue weighted by Gasteiger charge is 2.28. The summed E-state index contributed by atoms with van der Waals surface area (Å²) in [5, 5.41) is 9.95. The Morgan fingerprint density at radius 3 is 2.85 bits per heavy atom. The lowest BCUT2D eigenvalue weighted by Crippen LogP contribution is -2.30. The topological polar surface area (TPSA) is 37.3 Å². The molecule has 74 valence electrons. The molecule has 0 bridgehead atoms. The lowest BCUT2D eigenvalue weighted by Gasteiger charge is -2.23. The number of ketones is 1. The molecule has 0 saturated heterocycles. The second kappa shape index (κ2) is 4.05. The van der Waals surface area contributed by atoms with Crippen LogP contribution in [0.4, 0.5) is 0 Å². The minimum Gasteiger partial charge on any atom is -0.385 e. The van der Waals surface area contributed by atoms with E-state index in [1.165, 1.54) is 0 Å². The third-order valence-corrected chi connectivity index (χ3v) is 2.78. The summed E-state index contributed by atoms with van der Waals surface area (Å²) < 4.78 is 0. The van der Waals surface area contributed by atoms with E-state index in [2.05, 4.69) is 0 Å². The Labute approximate surface area is 79.6 Å². The molecule has 0 aromatic carbocycles. The first-order chi connectivity index (χ1) is 6.08. The average Bonchev–Trinajstić information content (AvgIpc) is 2.30. The third-order valence-electron chi connectivity index (χ3n) is 2.78. The maximum atomic E-state index is 11.6. The fraction of sp³-hybridized carbons (Fsp3) is 0.727. The largest absolute Gasteiger partial charge is 0.385 e. The molecule has 0 saturated carbocycles. The van der Waals surface area contributed by atoms with E-state index in [1.54, 1.807) is 6.92 Å². The van der Waals surface area contributed by atoms with Gasteiger partial charge >= 0.3 is 0 Å². The van der Waals surface area contributed by atoms with Crippen LogP contribution in [0, 0.1) is 0 Å². The van der Waals surface area contributed by atoms with Crippen molar-refractivity contribution in [2.24, 2.45) is 0 Å². The van der Waals surface area contributed by atoms with Crippen LogP contribution in [0.25, 0.3) is 0 Å². The van der Waals surface area contributed by atoms with Gasteiger partial charge in [-0.05, 0) is 32.6 Å². The van der Waals surface area contributed by atoms with E-state index < -0.39 is 5.60 Å². The highest BCUT2D eigenvalue weighted by molar-refractivity contribution is 5.97. The Morgan fingerprint density at radius 2 is 2.23 bits per heavy atom. The van der Waals surface area contributed by atoms with E-state index in [4.69, 9.17) is 0 Å². The van der Waals surface area contributed by atoms with Gasteiger partial charge in [-0.3, -0.25) is 4.79 Å². The molecule has 0 aromatic rings. The number of carbonyl (C=O) groups is 1. The number of rotatable bonds is 2. The van der Waals surface area contributed by atoms with Crippen molar-refractivity contribution in [3.05, 3.63) is 11.6 Å². The molecule has 1 rings (SSSR count). The van der Waals surface area contributed by atoms with Crippen molar-refractivity contribution in [3.8, 4) is 0 Å². The molecule has 1 unspecified atom stereocenters. The van der Waals surface area contributed by atoms with E-state index in [1.807, 2.05) is 13.0 Å². The van der Waals surface area contributed by atoms with Crippen LogP contribution >= 0.6 is 0 Å². The average molecular weight is 182 g/mol. The van der Waals surface area contributed by atoms with Crippen molar-refractivity contribution in [3.63, 3.8) is 0 Å². The van der Waals surface area contributed by atoms with Crippen LogP contribution < -0.4 is 0 Å². The second-order valence-corrected chi connectivity index (χ2v) is 3.91. The van der Waals surface area contributed by atoms with Crippen LogP contribution in [0.1, 0.15) is 46.0 Å². The Kier molecular flexibility index (Phi) is 3.26. The molecule has 1 atom stereocenters. The maximum Gasteiger partial charge on any atom is 0.161 e. The zero-order valence-corrected chi connectivity index (χ0v) is 8.47. The molecule has 1 N–H and O–H groups in total. The molecule has 0 radical (unpaired) electrons. The fourth-order valence-corrected chi connectivity index (χ4v) is 1.64. The van der Waals surface area contributed by atoms with Gasteiger partial charge < -0.3 is 5.11 Å². The van der Waals surface area contributed by atoms with Crippen LogP contribution in [-0.2, 0) is 4.79 Å². The van der Waals surface area contributed by atoms with E-state index in [9.17, 15) is 9.90 Å². The van der Waals surface area contributed by atoms with Crippen molar-refractivity contribution >= 4 is 5.78 Å². The second-order valence-electron chi connectivity index (χ2n) is 3.91. The first kappa shape index (κ1) is 10.5. The van der Waals surface area contributed by atoms with Crippen LogP contribution in [0.15, 0.2) is 11.6 Å². The highest BCUT2D eigenvalue weighted by atomic mass is 16.3. The molecule has 2 nitrogen and oxygen atoms in total. The lowest BCUT2D eigenvalue weighted by atomic mass is 9.89. The fourth-order valence-electron chi connectivity index (χ4n) is 1.64. The maximum absolute atomic E-state index is 11.6. The van der Waals surface area contributed by atoms with Gasteiger partial charge in [0.15, 0.2) is 5.78 Å². The number of Topliss-reactive ketones (excluding diaryl/α,β-unsaturated/α-hetero) is 1. The summed E-state index contributed by atoms with van der Waals surface area (Å²) in [6.07, 6.45) is 6.07. The number of hydrogen-bond acceptors (Lipinski definition) is 2. The van der Waals surface area contributed by atoms with Crippen molar-refractivity contribution < 1.29 is 9.90 Å². The van der Waals surface area contributed by atoms with Crippen LogP contribution in [0.5, 0.6) is 0 Å². The number of hydrogen-bond donors (Lipinski definition) is 1. The van der Waals surface area contributed by atoms with Crippen LogP contribution in [0.3, 0.4) is 0 Å². The monoisotopic (exact) mass is 182 g/mol. The smallest absolute Gasteiger partial charge is 0.161 e. The third kappa shape index (κ3) is 2.41. The number of aliphatic hydroxyl groups is 1. The Balaban J connectivity index is 2.86. The van der Waals surface area contributed by atoms with Gasteiger partial charge in [-0.25, -0.2) is 0 Å². The summed E-state index contributed by atoms with van der Waals surface area (Å²) in [4.78, 5) is 11.6. The van der Waals surface area contributed by atoms with Gasteiger partial charge in [-0.1, -0.05) is 13.0 Å². The summed E-state index contributed by atoms with van der Waals surface area (Å²) in [5.74, 6) is 0.129. The first-order valence-corrected chi connectivity index (χ1v) is 5.04. The highest BCUT2D eigenvalue weighted by Crippen LogP contribution is 2.26. The summed E-state index contributed by atoms with van der Waals surface area (Å²) in [5.41, 5.74) is -0.283. The molecule has 13 heavy (non-hydrogen) atoms. The summed E-state index contributed by atoms with van der Waals surface area (Å²) in [7, 11) is 0. The molecular weight excluding hydrogens is 164 g/mol. The van der Waals surface area contributed by atoms with E-state index in [0.29, 0.717) is 18.4 Å². The Morgan fingerprint density at radius 1 is 1.54 bits per heavy atom. The van der Waals surface area contributed by atoms with Gasteiger partial charge in [-0.15, -0.1) is 0 Å². The first-order valence-electron chi connectivity index (χ1n) is 5.04. The van der Waals surface area contributed by atoms with Crippen molar-refractivity contribution in [2.75, 3.05) is 0 Å². The predicted octanol–water partition coefficient (Wildman–Crippen LogP) is 2.22. The van der Waals surface area contributed by atoms with Gasteiger partial charge in [0, 0.05) is 12.0 Å². The molecule has 0 amide bonds. The normalized spacial score (nSPS) is 23.3. The number of carbonyl (C=O) groups excluding carboxylic acids is 1. The van der Waals surface area contributed by atoms with E-state index >= 15 is 0 Å². The molecule has 1 aliphatic carbocycles. The Hall–Kier alpha value is -0.630. The molecule has 0 spiro atoms. The van der Waals surface area contributed by atoms with Crippen LogP contribution in [0.2, 0.25) is 0 Å². The van der Waals surface area contributed by atoms with E-state index in [-0.39, 0.29) is 5.78 Å². The minimum absolute atomic E-state index is 0.129. The Bertz CT molecular complexity index is 226. The summed E-state index contributed by atoms with van der Waals surface area (Å²) in [6, 6.07) is 0. The van der Waals surface area contributed by atoms with Crippen molar-refractivity contribution in [1.82, 2.24) is 0 Å². The van der Waals surface area contributed by atoms with Gasteiger partial charge in [0.1, 0.15) is 0 Å². The van der Waals surface area contributed by atoms with Gasteiger partial charge in [-0.2, -0.15) is 0 Å². The van der Waals surface area contributed by atoms with Crippen molar-refractivity contribution in [2.45, 2.75) is 51.6 Å². The molecule has 0 heterocycles. The molecule has 0 fully saturated rings. The number of allylic oxidation sites excluding steroid dienone is 1. The van der Waals surface area contributed by atoms with Crippen molar-refractivity contribution in [1.29, 1.82) is 0 Å². The lowest BCUT2D eigenvalue weighted by molar-refractivity contribution is -0.117. The summed E-state index contributed by atoms with van der Waals surface area (Å²) in [6.45, 7) is 3.63. The zero-order valence-electron chi connectivity index (χ0n) is 8.47. The quantitative estimate of drug-likeness (QED) is 0.711. The molecule has 2 heteroatoms. The summed E-state index contributed by atoms with van der Waals surface area (Å²) >= 11 is 0. The van der Waals surface area contributed by atoms with Gasteiger partial charge in [0.25, 0.3) is 0 Å².